The van der Waals surface area contributed by atoms with Gasteiger partial charge in [-0.2, -0.15) is 0 Å². The highest BCUT2D eigenvalue weighted by Gasteiger charge is 2.39. The van der Waals surface area contributed by atoms with E-state index in [4.69, 9.17) is 16.7 Å². The number of carbonyl (C=O) groups excluding carboxylic acids is 1. The van der Waals surface area contributed by atoms with Crippen molar-refractivity contribution in [3.8, 4) is 0 Å². The summed E-state index contributed by atoms with van der Waals surface area (Å²) in [4.78, 5) is 22.0. The highest BCUT2D eigenvalue weighted by molar-refractivity contribution is 6.30. The molecule has 2 N–H and O–H groups in total. The molecule has 1 aromatic heterocycles. The predicted molar refractivity (Wildman–Crippen MR) is 51.6 cm³/mol. The Balaban J connectivity index is 2.39. The Morgan fingerprint density at radius 2 is 2.33 bits per heavy atom. The van der Waals surface area contributed by atoms with Crippen LogP contribution in [0.15, 0.2) is 18.3 Å². The number of carbonyl (C=O) groups is 2. The number of pyridine rings is 1. The average Bonchev–Trinajstić information content (AvgIpc) is 2.43. The zero-order valence-corrected chi connectivity index (χ0v) is 8.36. The first-order chi connectivity index (χ1) is 7.08. The van der Waals surface area contributed by atoms with Gasteiger partial charge in [0.15, 0.2) is 0 Å². The predicted octanol–water partition coefficient (Wildman–Crippen LogP) is 0.595. The maximum atomic E-state index is 11.4. The van der Waals surface area contributed by atoms with Gasteiger partial charge in [-0.05, 0) is 6.07 Å². The molecule has 0 saturated heterocycles. The van der Waals surface area contributed by atoms with Gasteiger partial charge in [0.05, 0.1) is 11.4 Å². The molecule has 0 spiro atoms. The number of carboxylic acid groups (broad SMARTS) is 1. The van der Waals surface area contributed by atoms with Crippen molar-refractivity contribution in [3.63, 3.8) is 0 Å². The van der Waals surface area contributed by atoms with Gasteiger partial charge in [0.2, 0.25) is 6.04 Å². The molecule has 0 radical (unpaired) electrons. The number of aromatic nitrogens is 1. The van der Waals surface area contributed by atoms with Gasteiger partial charge in [-0.1, -0.05) is 11.6 Å². The third kappa shape index (κ3) is 1.78. The third-order valence-corrected chi connectivity index (χ3v) is 2.42. The van der Waals surface area contributed by atoms with E-state index in [9.17, 15) is 9.59 Å². The van der Waals surface area contributed by atoms with Crippen LogP contribution in [-0.2, 0) is 9.59 Å². The molecule has 0 aromatic carbocycles. The summed E-state index contributed by atoms with van der Waals surface area (Å²) in [7, 11) is 0. The van der Waals surface area contributed by atoms with Crippen LogP contribution in [0.2, 0.25) is 5.02 Å². The minimum atomic E-state index is -1.02. The van der Waals surface area contributed by atoms with E-state index in [0.29, 0.717) is 10.8 Å². The number of nitrogens with one attached hydrogen (secondary N) is 1. The molecule has 2 rings (SSSR count). The average molecular weight is 228 g/mol. The fraction of sp³-hybridized carbons (Fsp3) is 0.222. The van der Waals surface area contributed by atoms with E-state index >= 15 is 0 Å². The second-order valence-corrected chi connectivity index (χ2v) is 3.68. The number of amides is 1. The number of carboxylic acids is 1. The Morgan fingerprint density at radius 1 is 1.60 bits per heavy atom. The molecule has 1 aliphatic heterocycles. The molecule has 0 saturated carbocycles. The van der Waals surface area contributed by atoms with Crippen molar-refractivity contribution in [1.29, 1.82) is 0 Å². The van der Waals surface area contributed by atoms with Gasteiger partial charge < -0.3 is 5.11 Å². The summed E-state index contributed by atoms with van der Waals surface area (Å²) in [5.74, 6) is -0.772. The number of hydrogen-bond donors (Lipinski definition) is 2. The number of halogens is 1. The van der Waals surface area contributed by atoms with Crippen LogP contribution in [0.25, 0.3) is 0 Å². The van der Waals surface area contributed by atoms with Gasteiger partial charge >= 0.3 is 11.9 Å². The van der Waals surface area contributed by atoms with E-state index in [1.165, 1.54) is 0 Å². The van der Waals surface area contributed by atoms with Crippen LogP contribution in [0.4, 0.5) is 5.82 Å². The van der Waals surface area contributed by atoms with E-state index < -0.39 is 12.0 Å². The normalized spacial score (nSPS) is 18.5. The molecule has 78 valence electrons. The third-order valence-electron chi connectivity index (χ3n) is 2.20. The summed E-state index contributed by atoms with van der Waals surface area (Å²) >= 11 is 5.77. The fourth-order valence-corrected chi connectivity index (χ4v) is 1.71. The highest BCUT2D eigenvalue weighted by atomic mass is 35.5. The van der Waals surface area contributed by atoms with Crippen LogP contribution in [0.5, 0.6) is 0 Å². The van der Waals surface area contributed by atoms with Gasteiger partial charge in [-0.25, -0.2) is 14.7 Å². The minimum absolute atomic E-state index is 0.246. The fourth-order valence-electron chi connectivity index (χ4n) is 1.55. The lowest BCUT2D eigenvalue weighted by Crippen LogP contribution is -2.39. The molecule has 0 fully saturated rings. The molecule has 1 aromatic rings. The smallest absolute Gasteiger partial charge is 0.353 e. The standard InChI is InChI=1S/C9H7ClN2O3/c10-5-1-2-7-11-9(15)6(3-8(13)14)12(7)4-5/h1-2,4,6H,3H2,(H,13,14)/p+1. The Hall–Kier alpha value is -1.62. The molecule has 2 heterocycles. The van der Waals surface area contributed by atoms with Crippen LogP contribution < -0.4 is 9.88 Å². The van der Waals surface area contributed by atoms with Crippen LogP contribution >= 0.6 is 11.6 Å². The number of hydrogen-bond acceptors (Lipinski definition) is 2. The number of fused-ring (bicyclic) bond motifs is 1. The van der Waals surface area contributed by atoms with Crippen LogP contribution in [0, 0.1) is 0 Å². The van der Waals surface area contributed by atoms with E-state index in [0.717, 1.165) is 0 Å². The molecular weight excluding hydrogens is 220 g/mol. The lowest BCUT2D eigenvalue weighted by Gasteiger charge is -2.02. The van der Waals surface area contributed by atoms with Crippen LogP contribution in [-0.4, -0.2) is 17.0 Å². The number of rotatable bonds is 2. The van der Waals surface area contributed by atoms with E-state index in [-0.39, 0.29) is 12.3 Å². The number of anilines is 1. The molecule has 1 unspecified atom stereocenters. The number of nitrogens with zero attached hydrogens (tertiary/aromatic N) is 1. The molecule has 1 amide bonds. The summed E-state index contributed by atoms with van der Waals surface area (Å²) in [5, 5.41) is 11.7. The summed E-state index contributed by atoms with van der Waals surface area (Å²) in [5.41, 5.74) is 0. The summed E-state index contributed by atoms with van der Waals surface area (Å²) in [6, 6.07) is 2.56. The Kier molecular flexibility index (Phi) is 2.32. The van der Waals surface area contributed by atoms with Gasteiger partial charge in [0.25, 0.3) is 5.82 Å². The molecular formula is C9H8ClN2O3+. The van der Waals surface area contributed by atoms with E-state index in [2.05, 4.69) is 5.32 Å². The van der Waals surface area contributed by atoms with Crippen molar-refractivity contribution in [2.75, 3.05) is 5.32 Å². The molecule has 1 aliphatic rings. The second-order valence-electron chi connectivity index (χ2n) is 3.24. The molecule has 1 atom stereocenters. The van der Waals surface area contributed by atoms with Crippen molar-refractivity contribution >= 4 is 29.3 Å². The van der Waals surface area contributed by atoms with E-state index in [1.54, 1.807) is 22.9 Å². The number of aliphatic carboxylic acids is 1. The monoisotopic (exact) mass is 227 g/mol. The summed E-state index contributed by atoms with van der Waals surface area (Å²) in [6.45, 7) is 0. The zero-order valence-electron chi connectivity index (χ0n) is 7.61. The highest BCUT2D eigenvalue weighted by Crippen LogP contribution is 2.19. The quantitative estimate of drug-likeness (QED) is 0.727. The topological polar surface area (TPSA) is 70.3 Å². The van der Waals surface area contributed by atoms with Gasteiger partial charge in [0, 0.05) is 6.07 Å². The van der Waals surface area contributed by atoms with Gasteiger partial charge in [-0.3, -0.25) is 4.79 Å². The van der Waals surface area contributed by atoms with Crippen LogP contribution in [0.3, 0.4) is 0 Å². The molecule has 0 bridgehead atoms. The first-order valence-corrected chi connectivity index (χ1v) is 4.69. The van der Waals surface area contributed by atoms with Gasteiger partial charge in [-0.15, -0.1) is 0 Å². The SMILES string of the molecule is O=C(O)CC1C(=O)Nc2ccc(Cl)c[n+]21. The maximum Gasteiger partial charge on any atom is 0.353 e. The van der Waals surface area contributed by atoms with Crippen molar-refractivity contribution in [1.82, 2.24) is 0 Å². The van der Waals surface area contributed by atoms with Crippen molar-refractivity contribution in [2.45, 2.75) is 12.5 Å². The lowest BCUT2D eigenvalue weighted by molar-refractivity contribution is -0.687. The summed E-state index contributed by atoms with van der Waals surface area (Å²) < 4.78 is 1.54. The molecule has 15 heavy (non-hydrogen) atoms. The zero-order chi connectivity index (χ0) is 11.0. The lowest BCUT2D eigenvalue weighted by atomic mass is 10.2. The maximum absolute atomic E-state index is 11.4. The molecule has 6 heteroatoms. The first-order valence-electron chi connectivity index (χ1n) is 4.31. The second kappa shape index (κ2) is 3.51. The molecule has 5 nitrogen and oxygen atoms in total. The Labute approximate surface area is 90.3 Å². The van der Waals surface area contributed by atoms with Crippen molar-refractivity contribution in [3.05, 3.63) is 23.4 Å². The Bertz CT molecular complexity index is 447. The van der Waals surface area contributed by atoms with Gasteiger partial charge in [0.1, 0.15) is 6.20 Å². The summed E-state index contributed by atoms with van der Waals surface area (Å²) in [6.07, 6.45) is 1.30. The Morgan fingerprint density at radius 3 is 3.00 bits per heavy atom. The molecule has 0 aliphatic carbocycles. The van der Waals surface area contributed by atoms with E-state index in [1.807, 2.05) is 0 Å². The minimum Gasteiger partial charge on any atom is -0.481 e. The largest absolute Gasteiger partial charge is 0.481 e. The van der Waals surface area contributed by atoms with Crippen molar-refractivity contribution < 1.29 is 19.3 Å². The van der Waals surface area contributed by atoms with Crippen molar-refractivity contribution in [2.24, 2.45) is 0 Å². The van der Waals surface area contributed by atoms with Crippen LogP contribution in [0.1, 0.15) is 12.5 Å². The first kappa shape index (κ1) is 9.92.